The van der Waals surface area contributed by atoms with Crippen molar-refractivity contribution in [1.29, 1.82) is 0 Å². The van der Waals surface area contributed by atoms with E-state index < -0.39 is 9.84 Å². The Morgan fingerprint density at radius 3 is 2.53 bits per heavy atom. The van der Waals surface area contributed by atoms with Crippen molar-refractivity contribution in [3.63, 3.8) is 0 Å². The molecule has 0 bridgehead atoms. The van der Waals surface area contributed by atoms with Crippen LogP contribution in [0.25, 0.3) is 0 Å². The van der Waals surface area contributed by atoms with Crippen molar-refractivity contribution in [2.24, 2.45) is 0 Å². The minimum absolute atomic E-state index is 0.0102. The van der Waals surface area contributed by atoms with Gasteiger partial charge in [0.15, 0.2) is 9.84 Å². The fourth-order valence-electron chi connectivity index (χ4n) is 2.43. The van der Waals surface area contributed by atoms with Crippen molar-refractivity contribution >= 4 is 27.5 Å². The second-order valence-corrected chi connectivity index (χ2v) is 8.40. The first-order valence-corrected chi connectivity index (χ1v) is 9.03. The monoisotopic (exact) mass is 277 g/mol. The molecule has 1 amide bonds. The third kappa shape index (κ3) is 4.17. The summed E-state index contributed by atoms with van der Waals surface area (Å²) in [4.78, 5) is 11.6. The highest BCUT2D eigenvalue weighted by atomic mass is 32.2. The predicted octanol–water partition coefficient (Wildman–Crippen LogP) is 0.966. The Morgan fingerprint density at radius 1 is 1.24 bits per heavy atom. The zero-order chi connectivity index (χ0) is 12.3. The molecule has 2 aliphatic rings. The molecule has 2 rings (SSSR count). The minimum atomic E-state index is -2.89. The van der Waals surface area contributed by atoms with Gasteiger partial charge in [0.1, 0.15) is 0 Å². The van der Waals surface area contributed by atoms with E-state index in [-0.39, 0.29) is 23.5 Å². The highest BCUT2D eigenvalue weighted by Gasteiger charge is 2.29. The van der Waals surface area contributed by atoms with Crippen molar-refractivity contribution in [2.45, 2.75) is 43.4 Å². The van der Waals surface area contributed by atoms with Crippen molar-refractivity contribution in [1.82, 2.24) is 5.32 Å². The number of nitrogens with one attached hydrogen (secondary N) is 1. The minimum Gasteiger partial charge on any atom is -0.352 e. The lowest BCUT2D eigenvalue weighted by Gasteiger charge is -2.12. The van der Waals surface area contributed by atoms with Crippen molar-refractivity contribution < 1.29 is 13.2 Å². The summed E-state index contributed by atoms with van der Waals surface area (Å²) in [5.74, 6) is 0.797. The van der Waals surface area contributed by atoms with Crippen LogP contribution < -0.4 is 5.32 Å². The molecule has 4 nitrogen and oxygen atoms in total. The van der Waals surface area contributed by atoms with E-state index in [0.29, 0.717) is 17.4 Å². The number of carbonyl (C=O) groups excluding carboxylic acids is 1. The van der Waals surface area contributed by atoms with Gasteiger partial charge in [-0.25, -0.2) is 8.42 Å². The van der Waals surface area contributed by atoms with Gasteiger partial charge in [0.2, 0.25) is 5.91 Å². The van der Waals surface area contributed by atoms with Gasteiger partial charge in [-0.1, -0.05) is 12.8 Å². The fraction of sp³-hybridized carbons (Fsp3) is 0.909. The van der Waals surface area contributed by atoms with Gasteiger partial charge in [0, 0.05) is 11.3 Å². The van der Waals surface area contributed by atoms with Crippen LogP contribution in [-0.4, -0.2) is 42.9 Å². The van der Waals surface area contributed by atoms with Gasteiger partial charge >= 0.3 is 0 Å². The molecule has 1 saturated heterocycles. The summed E-state index contributed by atoms with van der Waals surface area (Å²) in [5, 5.41) is 3.45. The summed E-state index contributed by atoms with van der Waals surface area (Å²) in [6.07, 6.45) is 5.56. The standard InChI is InChI=1S/C11H19NO3S2/c13-11(7-16-10-3-1-2-4-10)12-9-5-6-17(14,15)8-9/h9-10H,1-8H2,(H,12,13). The maximum atomic E-state index is 11.6. The molecule has 0 aromatic heterocycles. The molecule has 0 spiro atoms. The number of rotatable bonds is 4. The van der Waals surface area contributed by atoms with Gasteiger partial charge in [0.05, 0.1) is 17.3 Å². The van der Waals surface area contributed by atoms with E-state index in [0.717, 1.165) is 0 Å². The summed E-state index contributed by atoms with van der Waals surface area (Å²) in [5.41, 5.74) is 0. The van der Waals surface area contributed by atoms with Crippen LogP contribution in [0, 0.1) is 0 Å². The molecule has 1 atom stereocenters. The second-order valence-electron chi connectivity index (χ2n) is 4.88. The SMILES string of the molecule is O=C(CSC1CCCC1)NC1CCS(=O)(=O)C1. The van der Waals surface area contributed by atoms with E-state index in [1.54, 1.807) is 11.8 Å². The van der Waals surface area contributed by atoms with Crippen molar-refractivity contribution in [3.8, 4) is 0 Å². The lowest BCUT2D eigenvalue weighted by molar-refractivity contribution is -0.119. The molecule has 1 N–H and O–H groups in total. The number of hydrogen-bond donors (Lipinski definition) is 1. The van der Waals surface area contributed by atoms with Gasteiger partial charge in [-0.05, 0) is 19.3 Å². The van der Waals surface area contributed by atoms with Crippen LogP contribution in [-0.2, 0) is 14.6 Å². The summed E-state index contributed by atoms with van der Waals surface area (Å²) in [6.45, 7) is 0. The van der Waals surface area contributed by atoms with Gasteiger partial charge in [-0.2, -0.15) is 0 Å². The van der Waals surface area contributed by atoms with Crippen molar-refractivity contribution in [2.75, 3.05) is 17.3 Å². The molecule has 2 fully saturated rings. The van der Waals surface area contributed by atoms with Crippen LogP contribution in [0.4, 0.5) is 0 Å². The third-order valence-electron chi connectivity index (χ3n) is 3.35. The predicted molar refractivity (Wildman–Crippen MR) is 69.9 cm³/mol. The molecule has 6 heteroatoms. The van der Waals surface area contributed by atoms with Gasteiger partial charge in [-0.15, -0.1) is 11.8 Å². The normalized spacial score (nSPS) is 28.4. The average molecular weight is 277 g/mol. The average Bonchev–Trinajstić information content (AvgIpc) is 2.85. The van der Waals surface area contributed by atoms with E-state index in [2.05, 4.69) is 5.32 Å². The molecule has 98 valence electrons. The van der Waals surface area contributed by atoms with Gasteiger partial charge in [0.25, 0.3) is 0 Å². The summed E-state index contributed by atoms with van der Waals surface area (Å²) in [6, 6.07) is -0.156. The molecule has 1 saturated carbocycles. The zero-order valence-electron chi connectivity index (χ0n) is 9.85. The number of thioether (sulfide) groups is 1. The molecule has 0 aromatic rings. The Labute approximate surface area is 107 Å². The maximum absolute atomic E-state index is 11.6. The van der Waals surface area contributed by atoms with Gasteiger partial charge < -0.3 is 5.32 Å². The van der Waals surface area contributed by atoms with E-state index in [1.165, 1.54) is 25.7 Å². The first-order chi connectivity index (χ1) is 8.05. The molecule has 17 heavy (non-hydrogen) atoms. The number of hydrogen-bond acceptors (Lipinski definition) is 4. The first-order valence-electron chi connectivity index (χ1n) is 6.16. The molecule has 1 heterocycles. The lowest BCUT2D eigenvalue weighted by atomic mass is 10.3. The molecule has 1 unspecified atom stereocenters. The fourth-order valence-corrected chi connectivity index (χ4v) is 5.24. The molecule has 1 aliphatic heterocycles. The Balaban J connectivity index is 1.67. The number of carbonyl (C=O) groups is 1. The van der Waals surface area contributed by atoms with Crippen LogP contribution >= 0.6 is 11.8 Å². The van der Waals surface area contributed by atoms with E-state index in [4.69, 9.17) is 0 Å². The quantitative estimate of drug-likeness (QED) is 0.831. The Morgan fingerprint density at radius 2 is 1.94 bits per heavy atom. The Kier molecular flexibility index (Phi) is 4.36. The molecule has 0 radical (unpaired) electrons. The van der Waals surface area contributed by atoms with Crippen LogP contribution in [0.15, 0.2) is 0 Å². The molecular formula is C11H19NO3S2. The van der Waals surface area contributed by atoms with Crippen LogP contribution in [0.3, 0.4) is 0 Å². The molecule has 1 aliphatic carbocycles. The summed E-state index contributed by atoms with van der Waals surface area (Å²) >= 11 is 1.71. The molecule has 0 aromatic carbocycles. The lowest BCUT2D eigenvalue weighted by Crippen LogP contribution is -2.36. The Bertz CT molecular complexity index is 374. The van der Waals surface area contributed by atoms with Gasteiger partial charge in [-0.3, -0.25) is 4.79 Å². The van der Waals surface area contributed by atoms with Crippen LogP contribution in [0.2, 0.25) is 0 Å². The second kappa shape index (κ2) is 5.61. The number of sulfone groups is 1. The van der Waals surface area contributed by atoms with Crippen molar-refractivity contribution in [3.05, 3.63) is 0 Å². The van der Waals surface area contributed by atoms with E-state index in [1.807, 2.05) is 0 Å². The highest BCUT2D eigenvalue weighted by molar-refractivity contribution is 8.00. The third-order valence-corrected chi connectivity index (χ3v) is 6.49. The topological polar surface area (TPSA) is 63.2 Å². The summed E-state index contributed by atoms with van der Waals surface area (Å²) < 4.78 is 22.5. The smallest absolute Gasteiger partial charge is 0.230 e. The zero-order valence-corrected chi connectivity index (χ0v) is 11.5. The summed E-state index contributed by atoms with van der Waals surface area (Å²) in [7, 11) is -2.89. The van der Waals surface area contributed by atoms with Crippen LogP contribution in [0.5, 0.6) is 0 Å². The number of amides is 1. The van der Waals surface area contributed by atoms with E-state index >= 15 is 0 Å². The maximum Gasteiger partial charge on any atom is 0.230 e. The first kappa shape index (κ1) is 13.2. The largest absolute Gasteiger partial charge is 0.352 e. The highest BCUT2D eigenvalue weighted by Crippen LogP contribution is 2.29. The Hall–Kier alpha value is -0.230. The van der Waals surface area contributed by atoms with E-state index in [9.17, 15) is 13.2 Å². The van der Waals surface area contributed by atoms with Crippen LogP contribution in [0.1, 0.15) is 32.1 Å². The molecular weight excluding hydrogens is 258 g/mol.